The quantitative estimate of drug-likeness (QED) is 0.142. The molecule has 0 fully saturated rings. The molecule has 0 aromatic heterocycles. The van der Waals surface area contributed by atoms with E-state index in [1.54, 1.807) is 14.0 Å². The maximum atomic E-state index is 12.8. The normalized spacial score (nSPS) is 11.6. The highest BCUT2D eigenvalue weighted by molar-refractivity contribution is 6.20. The summed E-state index contributed by atoms with van der Waals surface area (Å²) in [4.78, 5) is 15.2. The zero-order chi connectivity index (χ0) is 29.8. The number of aryl methyl sites for hydroxylation is 1. The van der Waals surface area contributed by atoms with Crippen molar-refractivity contribution in [3.63, 3.8) is 0 Å². The van der Waals surface area contributed by atoms with Gasteiger partial charge in [0.05, 0.1) is 29.7 Å². The fourth-order valence-corrected chi connectivity index (χ4v) is 5.83. The van der Waals surface area contributed by atoms with Gasteiger partial charge in [0.1, 0.15) is 5.76 Å². The number of anilines is 3. The van der Waals surface area contributed by atoms with Gasteiger partial charge in [0.2, 0.25) is 0 Å². The maximum Gasteiger partial charge on any atom is 0.163 e. The molecule has 0 atom stereocenters. The van der Waals surface area contributed by atoms with E-state index in [0.29, 0.717) is 11.3 Å². The molecule has 0 radical (unpaired) electrons. The van der Waals surface area contributed by atoms with Crippen molar-refractivity contribution in [2.45, 2.75) is 34.6 Å². The van der Waals surface area contributed by atoms with Gasteiger partial charge >= 0.3 is 0 Å². The molecule has 0 aliphatic heterocycles. The molecule has 0 aliphatic carbocycles. The topological polar surface area (TPSA) is 29.5 Å². The number of ketones is 1. The lowest BCUT2D eigenvalue weighted by Gasteiger charge is -2.33. The highest BCUT2D eigenvalue weighted by Crippen LogP contribution is 2.48. The Morgan fingerprint density at radius 2 is 1.07 bits per heavy atom. The number of rotatable bonds is 8. The summed E-state index contributed by atoms with van der Waals surface area (Å²) < 4.78 is 5.56. The minimum absolute atomic E-state index is 0.00953. The molecule has 0 saturated carbocycles. The average Bonchev–Trinajstić information content (AvgIpc) is 3.02. The van der Waals surface area contributed by atoms with Crippen molar-refractivity contribution in [1.82, 2.24) is 0 Å². The standard InChI is InChI=1S/C39H37NO2/c1-26-25-35(38(29(4)41)30(5)42-6)27(2)28(3)39(26)40(36-23-15-13-21-33(36)31-17-9-7-10-18-31)37-24-16-14-22-34(37)32-19-11-8-12-20-32/h7-25H,1-6H3/b38-30+. The summed E-state index contributed by atoms with van der Waals surface area (Å²) in [6.07, 6.45) is 0. The molecule has 5 aromatic rings. The van der Waals surface area contributed by atoms with Crippen molar-refractivity contribution in [1.29, 1.82) is 0 Å². The van der Waals surface area contributed by atoms with Gasteiger partial charge in [-0.15, -0.1) is 0 Å². The molecule has 0 saturated heterocycles. The minimum atomic E-state index is -0.00953. The maximum absolute atomic E-state index is 12.8. The molecule has 0 bridgehead atoms. The van der Waals surface area contributed by atoms with Gasteiger partial charge in [-0.2, -0.15) is 0 Å². The summed E-state index contributed by atoms with van der Waals surface area (Å²) >= 11 is 0. The molecular formula is C39H37NO2. The number of hydrogen-bond donors (Lipinski definition) is 0. The Hall–Kier alpha value is -4.89. The van der Waals surface area contributed by atoms with Crippen LogP contribution in [-0.2, 0) is 9.53 Å². The SMILES string of the molecule is CO/C(C)=C(\C(C)=O)c1cc(C)c(N(c2ccccc2-c2ccccc2)c2ccccc2-c2ccccc2)c(C)c1C. The van der Waals surface area contributed by atoms with Gasteiger partial charge in [-0.1, -0.05) is 97.1 Å². The van der Waals surface area contributed by atoms with Gasteiger partial charge < -0.3 is 9.64 Å². The highest BCUT2D eigenvalue weighted by Gasteiger charge is 2.26. The number of methoxy groups -OCH3 is 1. The fourth-order valence-electron chi connectivity index (χ4n) is 5.83. The van der Waals surface area contributed by atoms with Gasteiger partial charge in [0.15, 0.2) is 5.78 Å². The Morgan fingerprint density at radius 1 is 0.619 bits per heavy atom. The Bertz CT molecular complexity index is 1680. The van der Waals surface area contributed by atoms with Crippen LogP contribution in [0.1, 0.15) is 36.1 Å². The lowest BCUT2D eigenvalue weighted by molar-refractivity contribution is -0.111. The predicted octanol–water partition coefficient (Wildman–Crippen LogP) is 10.4. The van der Waals surface area contributed by atoms with E-state index >= 15 is 0 Å². The van der Waals surface area contributed by atoms with Crippen molar-refractivity contribution < 1.29 is 9.53 Å². The molecule has 0 spiro atoms. The molecule has 0 amide bonds. The third-order valence-corrected chi connectivity index (χ3v) is 8.02. The van der Waals surface area contributed by atoms with Gasteiger partial charge in [-0.05, 0) is 86.2 Å². The molecular weight excluding hydrogens is 514 g/mol. The van der Waals surface area contributed by atoms with E-state index in [9.17, 15) is 4.79 Å². The van der Waals surface area contributed by atoms with E-state index in [0.717, 1.165) is 61.6 Å². The summed E-state index contributed by atoms with van der Waals surface area (Å²) in [6.45, 7) is 9.85. The fraction of sp³-hybridized carbons (Fsp3) is 0.154. The second-order valence-corrected chi connectivity index (χ2v) is 10.6. The van der Waals surface area contributed by atoms with E-state index in [1.165, 1.54) is 0 Å². The Balaban J connectivity index is 1.86. The van der Waals surface area contributed by atoms with Crippen molar-refractivity contribution in [3.05, 3.63) is 143 Å². The third-order valence-electron chi connectivity index (χ3n) is 8.02. The smallest absolute Gasteiger partial charge is 0.163 e. The molecule has 5 rings (SSSR count). The second kappa shape index (κ2) is 12.3. The number of Topliss-reactive ketones (excluding diaryl/α,β-unsaturated/α-hetero) is 1. The van der Waals surface area contributed by atoms with E-state index in [4.69, 9.17) is 4.74 Å². The van der Waals surface area contributed by atoms with Crippen LogP contribution in [0, 0.1) is 20.8 Å². The number of ether oxygens (including phenoxy) is 1. The van der Waals surface area contributed by atoms with Crippen LogP contribution in [0.4, 0.5) is 17.1 Å². The van der Waals surface area contributed by atoms with Crippen LogP contribution in [-0.4, -0.2) is 12.9 Å². The Morgan fingerprint density at radius 3 is 1.52 bits per heavy atom. The largest absolute Gasteiger partial charge is 0.501 e. The number of hydrogen-bond acceptors (Lipinski definition) is 3. The van der Waals surface area contributed by atoms with Crippen LogP contribution in [0.25, 0.3) is 27.8 Å². The summed E-state index contributed by atoms with van der Waals surface area (Å²) in [5.74, 6) is 0.613. The predicted molar refractivity (Wildman–Crippen MR) is 176 cm³/mol. The molecule has 0 heterocycles. The monoisotopic (exact) mass is 551 g/mol. The van der Waals surface area contributed by atoms with Gasteiger partial charge in [-0.3, -0.25) is 4.79 Å². The van der Waals surface area contributed by atoms with E-state index in [1.807, 2.05) is 19.1 Å². The number of nitrogens with zero attached hydrogens (tertiary/aromatic N) is 1. The summed E-state index contributed by atoms with van der Waals surface area (Å²) in [7, 11) is 1.62. The average molecular weight is 552 g/mol. The van der Waals surface area contributed by atoms with Crippen molar-refractivity contribution in [2.75, 3.05) is 12.0 Å². The summed E-state index contributed by atoms with van der Waals surface area (Å²) in [6, 6.07) is 40.4. The lowest BCUT2D eigenvalue weighted by atomic mass is 9.89. The number of carbonyl (C=O) groups is 1. The molecule has 3 nitrogen and oxygen atoms in total. The first-order valence-corrected chi connectivity index (χ1v) is 14.3. The van der Waals surface area contributed by atoms with Crippen LogP contribution in [0.15, 0.2) is 121 Å². The number of para-hydroxylation sites is 2. The van der Waals surface area contributed by atoms with Crippen molar-refractivity contribution in [2.24, 2.45) is 0 Å². The summed E-state index contributed by atoms with van der Waals surface area (Å²) in [5.41, 5.74) is 12.6. The van der Waals surface area contributed by atoms with Crippen LogP contribution < -0.4 is 4.90 Å². The first kappa shape index (κ1) is 28.6. The molecule has 3 heteroatoms. The first-order valence-electron chi connectivity index (χ1n) is 14.3. The molecule has 0 aliphatic rings. The lowest BCUT2D eigenvalue weighted by Crippen LogP contribution is -2.16. The molecule has 42 heavy (non-hydrogen) atoms. The van der Waals surface area contributed by atoms with Crippen LogP contribution in [0.5, 0.6) is 0 Å². The van der Waals surface area contributed by atoms with Crippen molar-refractivity contribution in [3.8, 4) is 22.3 Å². The first-order chi connectivity index (χ1) is 20.3. The zero-order valence-corrected chi connectivity index (χ0v) is 25.2. The second-order valence-electron chi connectivity index (χ2n) is 10.6. The van der Waals surface area contributed by atoms with Crippen LogP contribution in [0.3, 0.4) is 0 Å². The highest BCUT2D eigenvalue weighted by atomic mass is 16.5. The molecule has 210 valence electrons. The summed E-state index contributed by atoms with van der Waals surface area (Å²) in [5, 5.41) is 0. The van der Waals surface area contributed by atoms with Gasteiger partial charge in [0, 0.05) is 11.1 Å². The minimum Gasteiger partial charge on any atom is -0.501 e. The molecule has 0 unspecified atom stereocenters. The van der Waals surface area contributed by atoms with E-state index in [-0.39, 0.29) is 5.78 Å². The number of benzene rings is 5. The molecule has 0 N–H and O–H groups in total. The zero-order valence-electron chi connectivity index (χ0n) is 25.2. The van der Waals surface area contributed by atoms with Crippen LogP contribution in [0.2, 0.25) is 0 Å². The molecule has 5 aromatic carbocycles. The van der Waals surface area contributed by atoms with Crippen molar-refractivity contribution >= 4 is 28.4 Å². The number of allylic oxidation sites excluding steroid dienone is 2. The Kier molecular flexibility index (Phi) is 8.40. The van der Waals surface area contributed by atoms with E-state index < -0.39 is 0 Å². The number of carbonyl (C=O) groups excluding carboxylic acids is 1. The van der Waals surface area contributed by atoms with E-state index in [2.05, 4.69) is 129 Å². The van der Waals surface area contributed by atoms with Gasteiger partial charge in [0.25, 0.3) is 0 Å². The third kappa shape index (κ3) is 5.38. The van der Waals surface area contributed by atoms with Crippen LogP contribution >= 0.6 is 0 Å². The Labute approximate surface area is 249 Å². The van der Waals surface area contributed by atoms with Gasteiger partial charge in [-0.25, -0.2) is 0 Å².